The monoisotopic (exact) mass is 278 g/mol. The Labute approximate surface area is 121 Å². The lowest BCUT2D eigenvalue weighted by Crippen LogP contribution is -2.45. The summed E-state index contributed by atoms with van der Waals surface area (Å²) in [6, 6.07) is 0. The molecular formula is C14H26N6. The van der Waals surface area contributed by atoms with Gasteiger partial charge in [-0.15, -0.1) is 0 Å². The molecule has 1 aliphatic heterocycles. The van der Waals surface area contributed by atoms with Crippen molar-refractivity contribution in [2.24, 2.45) is 5.92 Å². The molecular weight excluding hydrogens is 252 g/mol. The van der Waals surface area contributed by atoms with Crippen LogP contribution in [0, 0.1) is 5.92 Å². The second-order valence-corrected chi connectivity index (χ2v) is 5.86. The van der Waals surface area contributed by atoms with Crippen molar-refractivity contribution in [3.63, 3.8) is 0 Å². The van der Waals surface area contributed by atoms with E-state index in [0.717, 1.165) is 50.8 Å². The number of nitrogens with one attached hydrogen (secondary N) is 1. The van der Waals surface area contributed by atoms with Gasteiger partial charge in [0.1, 0.15) is 12.0 Å². The zero-order valence-corrected chi connectivity index (χ0v) is 12.8. The quantitative estimate of drug-likeness (QED) is 0.845. The Morgan fingerprint density at radius 1 is 1.25 bits per heavy atom. The van der Waals surface area contributed by atoms with E-state index in [2.05, 4.69) is 46.0 Å². The lowest BCUT2D eigenvalue weighted by molar-refractivity contribution is 0.312. The van der Waals surface area contributed by atoms with Gasteiger partial charge in [0.25, 0.3) is 0 Å². The van der Waals surface area contributed by atoms with Crippen LogP contribution in [0.5, 0.6) is 0 Å². The van der Waals surface area contributed by atoms with Crippen molar-refractivity contribution in [2.45, 2.75) is 20.3 Å². The first-order valence-electron chi connectivity index (χ1n) is 7.35. The fraction of sp³-hybridized carbons (Fsp3) is 0.714. The second kappa shape index (κ2) is 6.74. The smallest absolute Gasteiger partial charge is 0.157 e. The third kappa shape index (κ3) is 3.72. The average Bonchev–Trinajstić information content (AvgIpc) is 2.41. The van der Waals surface area contributed by atoms with Crippen LogP contribution in [0.4, 0.5) is 17.3 Å². The van der Waals surface area contributed by atoms with E-state index in [4.69, 9.17) is 5.73 Å². The van der Waals surface area contributed by atoms with Crippen molar-refractivity contribution in [2.75, 3.05) is 55.7 Å². The van der Waals surface area contributed by atoms with Gasteiger partial charge in [-0.3, -0.25) is 0 Å². The molecule has 1 aliphatic rings. The van der Waals surface area contributed by atoms with Crippen molar-refractivity contribution in [1.82, 2.24) is 14.9 Å². The number of nitrogen functional groups attached to an aromatic ring is 1. The van der Waals surface area contributed by atoms with Crippen molar-refractivity contribution in [1.29, 1.82) is 0 Å². The summed E-state index contributed by atoms with van der Waals surface area (Å²) in [4.78, 5) is 13.2. The Balaban J connectivity index is 2.03. The van der Waals surface area contributed by atoms with Gasteiger partial charge in [-0.1, -0.05) is 13.8 Å². The number of hydrogen-bond donors (Lipinski definition) is 2. The summed E-state index contributed by atoms with van der Waals surface area (Å²) in [7, 11) is 2.14. The number of likely N-dealkylation sites (N-methyl/N-ethyl adjacent to an activating group) is 1. The highest BCUT2D eigenvalue weighted by atomic mass is 15.3. The van der Waals surface area contributed by atoms with E-state index in [9.17, 15) is 0 Å². The van der Waals surface area contributed by atoms with Crippen LogP contribution in [0.15, 0.2) is 6.33 Å². The van der Waals surface area contributed by atoms with Crippen LogP contribution in [-0.2, 0) is 0 Å². The van der Waals surface area contributed by atoms with Gasteiger partial charge in [0, 0.05) is 32.7 Å². The van der Waals surface area contributed by atoms with Crippen LogP contribution in [0.2, 0.25) is 0 Å². The molecule has 1 aromatic rings. The van der Waals surface area contributed by atoms with Gasteiger partial charge in [0.2, 0.25) is 0 Å². The average molecular weight is 278 g/mol. The van der Waals surface area contributed by atoms with Crippen LogP contribution in [-0.4, -0.2) is 54.6 Å². The molecule has 0 unspecified atom stereocenters. The zero-order valence-electron chi connectivity index (χ0n) is 12.8. The highest BCUT2D eigenvalue weighted by Gasteiger charge is 2.19. The molecule has 0 aliphatic carbocycles. The molecule has 0 spiro atoms. The Kier molecular flexibility index (Phi) is 5.00. The van der Waals surface area contributed by atoms with Crippen molar-refractivity contribution < 1.29 is 0 Å². The molecule has 0 amide bonds. The summed E-state index contributed by atoms with van der Waals surface area (Å²) < 4.78 is 0. The Hall–Kier alpha value is -1.56. The van der Waals surface area contributed by atoms with Gasteiger partial charge >= 0.3 is 0 Å². The van der Waals surface area contributed by atoms with E-state index in [1.54, 1.807) is 6.33 Å². The summed E-state index contributed by atoms with van der Waals surface area (Å²) in [6.07, 6.45) is 2.70. The fourth-order valence-corrected chi connectivity index (χ4v) is 2.28. The zero-order chi connectivity index (χ0) is 14.5. The van der Waals surface area contributed by atoms with Crippen LogP contribution in [0.3, 0.4) is 0 Å². The molecule has 0 atom stereocenters. The molecule has 3 N–H and O–H groups in total. The molecule has 2 rings (SSSR count). The molecule has 20 heavy (non-hydrogen) atoms. The first-order valence-corrected chi connectivity index (χ1v) is 7.35. The standard InChI is InChI=1S/C14H26N6/c1-11(2)4-5-16-13-12(15)14(18-10-17-13)20-8-6-19(3)7-9-20/h10-11H,4-9,15H2,1-3H3,(H,16,17,18). The first-order chi connectivity index (χ1) is 9.58. The maximum atomic E-state index is 6.22. The second-order valence-electron chi connectivity index (χ2n) is 5.86. The Bertz CT molecular complexity index is 426. The molecule has 0 bridgehead atoms. The van der Waals surface area contributed by atoms with E-state index >= 15 is 0 Å². The van der Waals surface area contributed by atoms with Crippen molar-refractivity contribution in [3.05, 3.63) is 6.33 Å². The lowest BCUT2D eigenvalue weighted by Gasteiger charge is -2.33. The minimum atomic E-state index is 0.667. The molecule has 1 saturated heterocycles. The molecule has 6 nitrogen and oxygen atoms in total. The number of anilines is 3. The highest BCUT2D eigenvalue weighted by molar-refractivity contribution is 5.74. The minimum absolute atomic E-state index is 0.667. The van der Waals surface area contributed by atoms with Crippen LogP contribution in [0.25, 0.3) is 0 Å². The molecule has 112 valence electrons. The number of aromatic nitrogens is 2. The van der Waals surface area contributed by atoms with E-state index in [-0.39, 0.29) is 0 Å². The largest absolute Gasteiger partial charge is 0.393 e. The van der Waals surface area contributed by atoms with E-state index in [0.29, 0.717) is 11.6 Å². The molecule has 1 aromatic heterocycles. The number of rotatable bonds is 5. The SMILES string of the molecule is CC(C)CCNc1ncnc(N2CCN(C)CC2)c1N. The Morgan fingerprint density at radius 2 is 1.95 bits per heavy atom. The minimum Gasteiger partial charge on any atom is -0.393 e. The number of nitrogens with two attached hydrogens (primary N) is 1. The maximum Gasteiger partial charge on any atom is 0.157 e. The maximum absolute atomic E-state index is 6.22. The molecule has 0 saturated carbocycles. The molecule has 0 aromatic carbocycles. The van der Waals surface area contributed by atoms with Gasteiger partial charge in [-0.25, -0.2) is 9.97 Å². The van der Waals surface area contributed by atoms with Gasteiger partial charge in [-0.05, 0) is 19.4 Å². The summed E-state index contributed by atoms with van der Waals surface area (Å²) in [5, 5.41) is 3.32. The topological polar surface area (TPSA) is 70.3 Å². The highest BCUT2D eigenvalue weighted by Crippen LogP contribution is 2.26. The van der Waals surface area contributed by atoms with E-state index in [1.807, 2.05) is 0 Å². The van der Waals surface area contributed by atoms with Gasteiger partial charge < -0.3 is 20.9 Å². The van der Waals surface area contributed by atoms with Crippen LogP contribution in [0.1, 0.15) is 20.3 Å². The van der Waals surface area contributed by atoms with Crippen molar-refractivity contribution in [3.8, 4) is 0 Å². The van der Waals surface area contributed by atoms with E-state index < -0.39 is 0 Å². The third-order valence-corrected chi connectivity index (χ3v) is 3.68. The molecule has 0 radical (unpaired) electrons. The van der Waals surface area contributed by atoms with Gasteiger partial charge in [0.05, 0.1) is 0 Å². The van der Waals surface area contributed by atoms with Crippen molar-refractivity contribution >= 4 is 17.3 Å². The summed E-state index contributed by atoms with van der Waals surface area (Å²) >= 11 is 0. The lowest BCUT2D eigenvalue weighted by atomic mass is 10.1. The summed E-state index contributed by atoms with van der Waals surface area (Å²) in [5.74, 6) is 2.29. The van der Waals surface area contributed by atoms with E-state index in [1.165, 1.54) is 0 Å². The summed E-state index contributed by atoms with van der Waals surface area (Å²) in [6.45, 7) is 9.31. The predicted molar refractivity (Wildman–Crippen MR) is 84.1 cm³/mol. The van der Waals surface area contributed by atoms with Gasteiger partial charge in [0.15, 0.2) is 11.6 Å². The Morgan fingerprint density at radius 3 is 2.60 bits per heavy atom. The number of nitrogens with zero attached hydrogens (tertiary/aromatic N) is 4. The molecule has 1 fully saturated rings. The molecule has 6 heteroatoms. The summed E-state index contributed by atoms with van der Waals surface area (Å²) in [5.41, 5.74) is 6.89. The normalized spacial score (nSPS) is 16.7. The molecule has 2 heterocycles. The third-order valence-electron chi connectivity index (χ3n) is 3.68. The van der Waals surface area contributed by atoms with Gasteiger partial charge in [-0.2, -0.15) is 0 Å². The van der Waals surface area contributed by atoms with Crippen LogP contribution >= 0.6 is 0 Å². The number of piperazine rings is 1. The number of hydrogen-bond acceptors (Lipinski definition) is 6. The fourth-order valence-electron chi connectivity index (χ4n) is 2.28. The van der Waals surface area contributed by atoms with Crippen LogP contribution < -0.4 is 16.0 Å². The first kappa shape index (κ1) is 14.8. The predicted octanol–water partition coefficient (Wildman–Crippen LogP) is 1.27.